The first-order valence-electron chi connectivity index (χ1n) is 4.45. The lowest BCUT2D eigenvalue weighted by atomic mass is 9.89. The van der Waals surface area contributed by atoms with Gasteiger partial charge in [-0.05, 0) is 12.8 Å². The van der Waals surface area contributed by atoms with Crippen LogP contribution in [0, 0.1) is 0 Å². The van der Waals surface area contributed by atoms with E-state index in [1.807, 2.05) is 0 Å². The molecule has 0 heterocycles. The van der Waals surface area contributed by atoms with Crippen LogP contribution in [-0.2, 0) is 10.2 Å². The summed E-state index contributed by atoms with van der Waals surface area (Å²) in [6.45, 7) is 2.28. The van der Waals surface area contributed by atoms with Crippen LogP contribution in [0.1, 0.15) is 19.8 Å². The Kier molecular flexibility index (Phi) is 5.32. The molecule has 0 aromatic carbocycles. The van der Waals surface area contributed by atoms with Crippen molar-refractivity contribution in [1.82, 2.24) is 9.03 Å². The van der Waals surface area contributed by atoms with Crippen LogP contribution in [0.3, 0.4) is 0 Å². The van der Waals surface area contributed by atoms with Crippen molar-refractivity contribution in [1.29, 1.82) is 0 Å². The summed E-state index contributed by atoms with van der Waals surface area (Å²) in [5.74, 6) is 0. The SMILES string of the molecule is CCN(C)S(=O)(=O)NC1CC(N)C1.Cl. The quantitative estimate of drug-likeness (QED) is 0.711. The van der Waals surface area contributed by atoms with E-state index in [2.05, 4.69) is 4.72 Å². The molecule has 0 atom stereocenters. The molecule has 0 aromatic rings. The Hall–Kier alpha value is 0.120. The standard InChI is InChI=1S/C7H17N3O2S.ClH/c1-3-10(2)13(11,12)9-7-4-6(8)5-7;/h6-7,9H,3-5,8H2,1-2H3;1H. The van der Waals surface area contributed by atoms with Crippen LogP contribution in [0.15, 0.2) is 0 Å². The third kappa shape index (κ3) is 3.36. The molecule has 0 saturated heterocycles. The van der Waals surface area contributed by atoms with Crippen molar-refractivity contribution < 1.29 is 8.42 Å². The molecule has 0 amide bonds. The third-order valence-electron chi connectivity index (χ3n) is 2.35. The molecule has 1 rings (SSSR count). The van der Waals surface area contributed by atoms with Crippen molar-refractivity contribution in [3.63, 3.8) is 0 Å². The lowest BCUT2D eigenvalue weighted by molar-refractivity contribution is 0.319. The number of hydrogen-bond acceptors (Lipinski definition) is 3. The average Bonchev–Trinajstić information content (AvgIpc) is 1.99. The molecule has 86 valence electrons. The predicted octanol–water partition coefficient (Wildman–Crippen LogP) is -0.316. The molecule has 5 nitrogen and oxygen atoms in total. The van der Waals surface area contributed by atoms with Crippen molar-refractivity contribution >= 4 is 22.6 Å². The van der Waals surface area contributed by atoms with Crippen molar-refractivity contribution in [2.45, 2.75) is 31.8 Å². The molecule has 7 heteroatoms. The van der Waals surface area contributed by atoms with Crippen LogP contribution >= 0.6 is 12.4 Å². The number of hydrogen-bond donors (Lipinski definition) is 2. The minimum Gasteiger partial charge on any atom is -0.328 e. The number of nitrogens with one attached hydrogen (secondary N) is 1. The van der Waals surface area contributed by atoms with E-state index >= 15 is 0 Å². The first-order valence-corrected chi connectivity index (χ1v) is 5.89. The zero-order valence-electron chi connectivity index (χ0n) is 8.43. The van der Waals surface area contributed by atoms with Gasteiger partial charge in [0.15, 0.2) is 0 Å². The van der Waals surface area contributed by atoms with Gasteiger partial charge in [-0.2, -0.15) is 17.4 Å². The molecule has 0 bridgehead atoms. The maximum Gasteiger partial charge on any atom is 0.279 e. The summed E-state index contributed by atoms with van der Waals surface area (Å²) in [5.41, 5.74) is 5.55. The highest BCUT2D eigenvalue weighted by Crippen LogP contribution is 2.18. The van der Waals surface area contributed by atoms with Gasteiger partial charge in [-0.1, -0.05) is 6.92 Å². The van der Waals surface area contributed by atoms with Crippen LogP contribution in [0.5, 0.6) is 0 Å². The van der Waals surface area contributed by atoms with E-state index in [1.165, 1.54) is 4.31 Å². The zero-order valence-corrected chi connectivity index (χ0v) is 10.1. The molecule has 0 radical (unpaired) electrons. The lowest BCUT2D eigenvalue weighted by Gasteiger charge is -2.33. The molecule has 3 N–H and O–H groups in total. The van der Waals surface area contributed by atoms with Crippen molar-refractivity contribution in [3.8, 4) is 0 Å². The van der Waals surface area contributed by atoms with Gasteiger partial charge in [0, 0.05) is 25.7 Å². The summed E-state index contributed by atoms with van der Waals surface area (Å²) >= 11 is 0. The smallest absolute Gasteiger partial charge is 0.279 e. The second kappa shape index (κ2) is 5.27. The monoisotopic (exact) mass is 243 g/mol. The Bertz CT molecular complexity index is 264. The molecule has 1 fully saturated rings. The predicted molar refractivity (Wildman–Crippen MR) is 58.6 cm³/mol. The van der Waals surface area contributed by atoms with Crippen LogP contribution in [-0.4, -0.2) is 38.4 Å². The van der Waals surface area contributed by atoms with Crippen LogP contribution in [0.4, 0.5) is 0 Å². The van der Waals surface area contributed by atoms with Gasteiger partial charge in [-0.3, -0.25) is 0 Å². The number of rotatable bonds is 4. The molecule has 1 aliphatic rings. The van der Waals surface area contributed by atoms with E-state index in [4.69, 9.17) is 5.73 Å². The Morgan fingerprint density at radius 3 is 2.36 bits per heavy atom. The van der Waals surface area contributed by atoms with Gasteiger partial charge in [0.1, 0.15) is 0 Å². The van der Waals surface area contributed by atoms with E-state index in [-0.39, 0.29) is 24.5 Å². The van der Waals surface area contributed by atoms with Crippen LogP contribution in [0.2, 0.25) is 0 Å². The first-order chi connectivity index (χ1) is 5.95. The van der Waals surface area contributed by atoms with Crippen LogP contribution < -0.4 is 10.5 Å². The Balaban J connectivity index is 0.00000169. The molecular formula is C7H18ClN3O2S. The fourth-order valence-electron chi connectivity index (χ4n) is 1.23. The summed E-state index contributed by atoms with van der Waals surface area (Å²) < 4.78 is 26.8. The van der Waals surface area contributed by atoms with Gasteiger partial charge in [0.05, 0.1) is 0 Å². The summed E-state index contributed by atoms with van der Waals surface area (Å²) in [4.78, 5) is 0. The number of nitrogens with zero attached hydrogens (tertiary/aromatic N) is 1. The fourth-order valence-corrected chi connectivity index (χ4v) is 2.36. The summed E-state index contributed by atoms with van der Waals surface area (Å²) in [7, 11) is -1.71. The maximum atomic E-state index is 11.4. The van der Waals surface area contributed by atoms with Crippen LogP contribution in [0.25, 0.3) is 0 Å². The lowest BCUT2D eigenvalue weighted by Crippen LogP contribution is -2.53. The summed E-state index contributed by atoms with van der Waals surface area (Å²) in [6, 6.07) is 0.202. The topological polar surface area (TPSA) is 75.4 Å². The zero-order chi connectivity index (χ0) is 10.1. The van der Waals surface area contributed by atoms with E-state index in [9.17, 15) is 8.42 Å². The van der Waals surface area contributed by atoms with Crippen molar-refractivity contribution in [2.24, 2.45) is 5.73 Å². The molecule has 0 aromatic heterocycles. The fraction of sp³-hybridized carbons (Fsp3) is 1.00. The van der Waals surface area contributed by atoms with Gasteiger partial charge in [-0.25, -0.2) is 0 Å². The molecule has 0 unspecified atom stereocenters. The molecule has 14 heavy (non-hydrogen) atoms. The van der Waals surface area contributed by atoms with Gasteiger partial charge in [-0.15, -0.1) is 12.4 Å². The van der Waals surface area contributed by atoms with Gasteiger partial charge >= 0.3 is 0 Å². The second-order valence-corrected chi connectivity index (χ2v) is 5.27. The van der Waals surface area contributed by atoms with E-state index in [0.29, 0.717) is 6.54 Å². The maximum absolute atomic E-state index is 11.4. The normalized spacial score (nSPS) is 26.9. The summed E-state index contributed by atoms with van der Waals surface area (Å²) in [6.07, 6.45) is 1.49. The highest BCUT2D eigenvalue weighted by atomic mass is 35.5. The summed E-state index contributed by atoms with van der Waals surface area (Å²) in [5, 5.41) is 0. The van der Waals surface area contributed by atoms with Crippen molar-refractivity contribution in [2.75, 3.05) is 13.6 Å². The van der Waals surface area contributed by atoms with E-state index < -0.39 is 10.2 Å². The first kappa shape index (κ1) is 14.1. The highest BCUT2D eigenvalue weighted by molar-refractivity contribution is 7.87. The number of nitrogens with two attached hydrogens (primary N) is 1. The molecule has 0 spiro atoms. The molecule has 0 aliphatic heterocycles. The third-order valence-corrected chi connectivity index (χ3v) is 4.06. The molecular weight excluding hydrogens is 226 g/mol. The van der Waals surface area contributed by atoms with Crippen molar-refractivity contribution in [3.05, 3.63) is 0 Å². The Morgan fingerprint density at radius 2 is 2.00 bits per heavy atom. The molecule has 1 aliphatic carbocycles. The van der Waals surface area contributed by atoms with Gasteiger partial charge in [0.2, 0.25) is 0 Å². The minimum atomic E-state index is -3.27. The minimum absolute atomic E-state index is 0. The van der Waals surface area contributed by atoms with Gasteiger partial charge < -0.3 is 5.73 Å². The molecule has 1 saturated carbocycles. The average molecular weight is 244 g/mol. The highest BCUT2D eigenvalue weighted by Gasteiger charge is 2.30. The Labute approximate surface area is 91.6 Å². The number of halogens is 1. The van der Waals surface area contributed by atoms with Gasteiger partial charge in [0.25, 0.3) is 10.2 Å². The second-order valence-electron chi connectivity index (χ2n) is 3.47. The largest absolute Gasteiger partial charge is 0.328 e. The Morgan fingerprint density at radius 1 is 1.50 bits per heavy atom. The van der Waals surface area contributed by atoms with E-state index in [1.54, 1.807) is 14.0 Å². The van der Waals surface area contributed by atoms with E-state index in [0.717, 1.165) is 12.8 Å².